The number of Topliss-reactive ketones (excluding diaryl/α,β-unsaturated/α-hetero) is 3. The molecule has 0 saturated heterocycles. The number of ketones is 3. The summed E-state index contributed by atoms with van der Waals surface area (Å²) in [5, 5.41) is 22.3. The molecule has 0 heterocycles. The highest BCUT2D eigenvalue weighted by atomic mass is 16.5. The summed E-state index contributed by atoms with van der Waals surface area (Å²) in [5.41, 5.74) is -0.332. The second-order valence-electron chi connectivity index (χ2n) is 14.5. The number of phenols is 1. The first-order valence-corrected chi connectivity index (χ1v) is 15.9. The van der Waals surface area contributed by atoms with Crippen molar-refractivity contribution in [2.75, 3.05) is 7.11 Å². The Morgan fingerprint density at radius 3 is 2.16 bits per heavy atom. The summed E-state index contributed by atoms with van der Waals surface area (Å²) in [6, 6.07) is 4.24. The molecule has 1 aromatic carbocycles. The van der Waals surface area contributed by atoms with Gasteiger partial charge in [-0.15, -0.1) is 6.58 Å². The molecule has 1 aromatic rings. The van der Waals surface area contributed by atoms with Crippen LogP contribution in [0.1, 0.15) is 99.5 Å². The highest BCUT2D eigenvalue weighted by molar-refractivity contribution is 6.41. The molecular weight excluding hydrogens is 564 g/mol. The quantitative estimate of drug-likeness (QED) is 0.0799. The minimum Gasteiger partial charge on any atom is -0.506 e. The van der Waals surface area contributed by atoms with E-state index in [0.717, 1.165) is 22.3 Å². The highest BCUT2D eigenvalue weighted by Crippen LogP contribution is 2.66. The molecule has 0 aliphatic heterocycles. The zero-order valence-electron chi connectivity index (χ0n) is 28.7. The lowest BCUT2D eigenvalue weighted by atomic mass is 9.38. The van der Waals surface area contributed by atoms with E-state index in [4.69, 9.17) is 4.74 Å². The van der Waals surface area contributed by atoms with Crippen molar-refractivity contribution < 1.29 is 29.3 Å². The molecule has 6 heteroatoms. The van der Waals surface area contributed by atoms with Gasteiger partial charge >= 0.3 is 0 Å². The number of rotatable bonds is 12. The maximum Gasteiger partial charge on any atom is 0.184 e. The van der Waals surface area contributed by atoms with Gasteiger partial charge in [0.2, 0.25) is 0 Å². The Hall–Kier alpha value is -3.67. The highest BCUT2D eigenvalue weighted by Gasteiger charge is 2.74. The van der Waals surface area contributed by atoms with Crippen molar-refractivity contribution in [1.82, 2.24) is 0 Å². The van der Waals surface area contributed by atoms with Crippen LogP contribution in [0.5, 0.6) is 11.5 Å². The molecule has 0 amide bonds. The Bertz CT molecular complexity index is 1490. The van der Waals surface area contributed by atoms with E-state index in [1.54, 1.807) is 0 Å². The third-order valence-electron chi connectivity index (χ3n) is 10.3. The van der Waals surface area contributed by atoms with Crippen LogP contribution in [0.25, 0.3) is 5.76 Å². The number of benzene rings is 1. The molecule has 2 aliphatic rings. The first kappa shape index (κ1) is 35.8. The van der Waals surface area contributed by atoms with Gasteiger partial charge in [-0.05, 0) is 116 Å². The van der Waals surface area contributed by atoms with Crippen molar-refractivity contribution in [3.8, 4) is 11.5 Å². The topological polar surface area (TPSA) is 101 Å². The number of ether oxygens (including phenoxy) is 1. The summed E-state index contributed by atoms with van der Waals surface area (Å²) in [6.07, 6.45) is 6.60. The second kappa shape index (κ2) is 13.4. The summed E-state index contributed by atoms with van der Waals surface area (Å²) in [7, 11) is 1.41. The zero-order chi connectivity index (χ0) is 34.1. The van der Waals surface area contributed by atoms with Gasteiger partial charge in [0.15, 0.2) is 28.8 Å². The van der Waals surface area contributed by atoms with E-state index in [9.17, 15) is 19.8 Å². The number of aliphatic hydroxyl groups is 1. The zero-order valence-corrected chi connectivity index (χ0v) is 28.7. The van der Waals surface area contributed by atoms with Crippen LogP contribution < -0.4 is 4.74 Å². The molecule has 0 unspecified atom stereocenters. The third-order valence-corrected chi connectivity index (χ3v) is 10.3. The van der Waals surface area contributed by atoms with Crippen molar-refractivity contribution in [2.24, 2.45) is 28.1 Å². The summed E-state index contributed by atoms with van der Waals surface area (Å²) in [6.45, 7) is 24.0. The first-order chi connectivity index (χ1) is 20.9. The number of fused-ring (bicyclic) bond motifs is 2. The minimum absolute atomic E-state index is 0.0996. The lowest BCUT2D eigenvalue weighted by Crippen LogP contribution is -2.69. The maximum absolute atomic E-state index is 15.2. The van der Waals surface area contributed by atoms with Gasteiger partial charge in [-0.1, -0.05) is 54.9 Å². The number of methoxy groups -OCH3 is 1. The van der Waals surface area contributed by atoms with Crippen LogP contribution in [-0.4, -0.2) is 34.7 Å². The van der Waals surface area contributed by atoms with E-state index < -0.39 is 33.6 Å². The molecule has 2 aliphatic carbocycles. The second-order valence-corrected chi connectivity index (χ2v) is 14.5. The maximum atomic E-state index is 15.2. The molecular formula is C39H52O6. The Balaban J connectivity index is 2.45. The van der Waals surface area contributed by atoms with Gasteiger partial charge < -0.3 is 14.9 Å². The number of carbonyl (C=O) groups excluding carboxylic acids is 3. The molecule has 6 nitrogen and oxygen atoms in total. The number of aromatic hydroxyl groups is 1. The number of aliphatic hydroxyl groups excluding tert-OH is 1. The lowest BCUT2D eigenvalue weighted by molar-refractivity contribution is -0.177. The average Bonchev–Trinajstić information content (AvgIpc) is 2.94. The van der Waals surface area contributed by atoms with Gasteiger partial charge in [-0.2, -0.15) is 0 Å². The molecule has 0 aromatic heterocycles. The molecule has 3 rings (SSSR count). The largest absolute Gasteiger partial charge is 0.506 e. The molecule has 2 bridgehead atoms. The van der Waals surface area contributed by atoms with Crippen LogP contribution in [0.4, 0.5) is 0 Å². The summed E-state index contributed by atoms with van der Waals surface area (Å²) >= 11 is 0. The van der Waals surface area contributed by atoms with E-state index in [1.165, 1.54) is 25.3 Å². The Kier molecular flexibility index (Phi) is 10.6. The molecule has 45 heavy (non-hydrogen) atoms. The van der Waals surface area contributed by atoms with Crippen LogP contribution in [0, 0.1) is 28.1 Å². The number of hydrogen-bond donors (Lipinski definition) is 2. The van der Waals surface area contributed by atoms with Crippen LogP contribution in [-0.2, 0) is 14.4 Å². The van der Waals surface area contributed by atoms with E-state index in [0.29, 0.717) is 19.3 Å². The number of phenolic OH excluding ortho intramolecular Hbond substituents is 1. The molecule has 4 atom stereocenters. The van der Waals surface area contributed by atoms with Gasteiger partial charge in [0.1, 0.15) is 16.7 Å². The number of carbonyl (C=O) groups is 3. The van der Waals surface area contributed by atoms with Gasteiger partial charge in [0.25, 0.3) is 0 Å². The van der Waals surface area contributed by atoms with E-state index in [2.05, 4.69) is 19.2 Å². The van der Waals surface area contributed by atoms with Crippen molar-refractivity contribution in [3.05, 3.63) is 76.9 Å². The van der Waals surface area contributed by atoms with Crippen molar-refractivity contribution in [3.63, 3.8) is 0 Å². The summed E-state index contributed by atoms with van der Waals surface area (Å²) in [4.78, 5) is 45.1. The first-order valence-electron chi connectivity index (χ1n) is 15.9. The molecule has 0 spiro atoms. The van der Waals surface area contributed by atoms with Crippen molar-refractivity contribution in [1.29, 1.82) is 0 Å². The Morgan fingerprint density at radius 2 is 1.64 bits per heavy atom. The predicted molar refractivity (Wildman–Crippen MR) is 181 cm³/mol. The minimum atomic E-state index is -1.59. The van der Waals surface area contributed by atoms with E-state index in [-0.39, 0.29) is 59.5 Å². The molecule has 2 saturated carbocycles. The van der Waals surface area contributed by atoms with Crippen LogP contribution in [0.3, 0.4) is 0 Å². The van der Waals surface area contributed by atoms with Crippen molar-refractivity contribution >= 4 is 23.1 Å². The Morgan fingerprint density at radius 1 is 1.02 bits per heavy atom. The summed E-state index contributed by atoms with van der Waals surface area (Å²) < 4.78 is 5.16. The van der Waals surface area contributed by atoms with Gasteiger partial charge in [0.05, 0.1) is 12.5 Å². The smallest absolute Gasteiger partial charge is 0.184 e. The van der Waals surface area contributed by atoms with Crippen LogP contribution >= 0.6 is 0 Å². The van der Waals surface area contributed by atoms with E-state index in [1.807, 2.05) is 61.5 Å². The molecule has 2 fully saturated rings. The normalized spacial score (nSPS) is 25.7. The molecule has 244 valence electrons. The van der Waals surface area contributed by atoms with Gasteiger partial charge in [0, 0.05) is 5.56 Å². The predicted octanol–water partition coefficient (Wildman–Crippen LogP) is 9.06. The third kappa shape index (κ3) is 6.39. The fourth-order valence-electron chi connectivity index (χ4n) is 7.36. The van der Waals surface area contributed by atoms with Crippen LogP contribution in [0.2, 0.25) is 0 Å². The summed E-state index contributed by atoms with van der Waals surface area (Å²) in [5.74, 6) is -2.58. The lowest BCUT2D eigenvalue weighted by Gasteiger charge is -2.60. The van der Waals surface area contributed by atoms with Gasteiger partial charge in [-0.3, -0.25) is 14.4 Å². The average molecular weight is 617 g/mol. The van der Waals surface area contributed by atoms with Gasteiger partial charge in [-0.25, -0.2) is 0 Å². The van der Waals surface area contributed by atoms with Crippen LogP contribution in [0.15, 0.2) is 71.4 Å². The fourth-order valence-corrected chi connectivity index (χ4v) is 7.36. The number of allylic oxidation sites excluding steroid dienone is 7. The monoisotopic (exact) mass is 616 g/mol. The van der Waals surface area contributed by atoms with Crippen molar-refractivity contribution in [2.45, 2.75) is 93.9 Å². The standard InChI is InChI=1S/C39H52O6/c1-23(2)12-14-28(26(7)8)21-38-22-29(16-13-24(3)4)37(9,10)39(36(38)44,19-18-25(5)6)35(43)32(34(38)42)33(41)27-15-17-31(45-11)30(40)20-27/h13,15,17-18,20,28-29,40-41H,1,7,12,14,16,19,21-22H2,2-6,8-11H3/b33-32+/t28-,29+,38+,39-/m0/s1. The molecule has 0 radical (unpaired) electrons. The fraction of sp³-hybridized carbons (Fsp3) is 0.513. The SMILES string of the molecule is C=C(C)CC[C@@H](C[C@@]12C[C@@H](CC=C(C)C)C(C)(C)[C@@](CC=C(C)C)(C(=O)/C(=C(/O)c3ccc(OC)c(O)c3)C1=O)C2=O)C(=C)C. The Labute approximate surface area is 269 Å². The van der Waals surface area contributed by atoms with E-state index >= 15 is 4.79 Å². The number of hydrogen-bond acceptors (Lipinski definition) is 6. The molecule has 2 N–H and O–H groups in total.